The van der Waals surface area contributed by atoms with Crippen molar-refractivity contribution in [2.75, 3.05) is 19.6 Å². The lowest BCUT2D eigenvalue weighted by atomic mass is 9.78. The third-order valence-corrected chi connectivity index (χ3v) is 9.83. The summed E-state index contributed by atoms with van der Waals surface area (Å²) in [7, 11) is 0. The molecular formula is C32H45N5O5. The van der Waals surface area contributed by atoms with Gasteiger partial charge in [0.05, 0.1) is 23.0 Å². The number of piperidine rings is 1. The van der Waals surface area contributed by atoms with Crippen LogP contribution >= 0.6 is 0 Å². The topological polar surface area (TPSA) is 128 Å². The maximum Gasteiger partial charge on any atom is 0.335 e. The van der Waals surface area contributed by atoms with Gasteiger partial charge in [0.25, 0.3) is 0 Å². The lowest BCUT2D eigenvalue weighted by Gasteiger charge is -2.52. The number of hydrogen-bond donors (Lipinski definition) is 3. The number of carboxylic acid groups (broad SMARTS) is 1. The van der Waals surface area contributed by atoms with E-state index < -0.39 is 23.7 Å². The number of benzene rings is 1. The molecule has 0 unspecified atom stereocenters. The fourth-order valence-corrected chi connectivity index (χ4v) is 7.16. The van der Waals surface area contributed by atoms with Gasteiger partial charge in [0.2, 0.25) is 11.8 Å². The zero-order chi connectivity index (χ0) is 30.0. The Morgan fingerprint density at radius 1 is 1.10 bits per heavy atom. The van der Waals surface area contributed by atoms with Gasteiger partial charge in [0.15, 0.2) is 0 Å². The molecule has 0 radical (unpaired) electrons. The Morgan fingerprint density at radius 2 is 1.76 bits per heavy atom. The molecule has 5 rings (SSSR count). The van der Waals surface area contributed by atoms with Crippen LogP contribution < -0.4 is 5.32 Å². The Bertz CT molecular complexity index is 1290. The Balaban J connectivity index is 1.29. The predicted octanol–water partition coefficient (Wildman–Crippen LogP) is 3.59. The Morgan fingerprint density at radius 3 is 2.38 bits per heavy atom. The summed E-state index contributed by atoms with van der Waals surface area (Å²) in [4.78, 5) is 43.1. The highest BCUT2D eigenvalue weighted by atomic mass is 16.4. The van der Waals surface area contributed by atoms with Crippen molar-refractivity contribution in [2.24, 2.45) is 5.92 Å². The van der Waals surface area contributed by atoms with Gasteiger partial charge >= 0.3 is 5.97 Å². The molecule has 10 nitrogen and oxygen atoms in total. The second-order valence-corrected chi connectivity index (χ2v) is 12.4. The minimum absolute atomic E-state index is 0.0550. The number of hydrogen-bond acceptors (Lipinski definition) is 6. The van der Waals surface area contributed by atoms with Crippen molar-refractivity contribution < 1.29 is 24.6 Å². The predicted molar refractivity (Wildman–Crippen MR) is 158 cm³/mol. The van der Waals surface area contributed by atoms with Crippen LogP contribution in [0.15, 0.2) is 24.3 Å². The van der Waals surface area contributed by atoms with Crippen molar-refractivity contribution >= 4 is 17.8 Å². The minimum atomic E-state index is -0.962. The molecule has 228 valence electrons. The molecule has 2 atom stereocenters. The smallest absolute Gasteiger partial charge is 0.335 e. The molecular weight excluding hydrogens is 534 g/mol. The van der Waals surface area contributed by atoms with Crippen LogP contribution in [-0.4, -0.2) is 84.9 Å². The zero-order valence-corrected chi connectivity index (χ0v) is 25.1. The number of aliphatic hydroxyl groups excluding tert-OH is 1. The van der Waals surface area contributed by atoms with Gasteiger partial charge in [-0.25, -0.2) is 9.48 Å². The van der Waals surface area contributed by atoms with Crippen LogP contribution in [0.5, 0.6) is 0 Å². The number of carbonyl (C=O) groups is 3. The third kappa shape index (κ3) is 5.71. The van der Waals surface area contributed by atoms with E-state index in [0.29, 0.717) is 39.0 Å². The number of amides is 2. The third-order valence-electron chi connectivity index (χ3n) is 9.83. The monoisotopic (exact) mass is 579 g/mol. The van der Waals surface area contributed by atoms with Crippen molar-refractivity contribution in [1.29, 1.82) is 0 Å². The number of aliphatic hydroxyl groups is 1. The first-order valence-corrected chi connectivity index (χ1v) is 15.6. The standard InChI is InChI=1S/C32H45N5O5/c1-4-5-17-36-29(39)27(28(38)23-9-7-6-8-10-23)33-31(42)32(36)15-18-35(19-16-32)20-26-21(2)34-37(22(26)3)25-13-11-24(12-14-25)30(40)41/h11-14,23,27-28,38H,4-10,15-20H2,1-3H3,(H,33,42)(H,40,41)/t27-,28-/m1/s1. The molecule has 1 aliphatic carbocycles. The molecule has 1 saturated carbocycles. The summed E-state index contributed by atoms with van der Waals surface area (Å²) < 4.78 is 1.85. The van der Waals surface area contributed by atoms with Gasteiger partial charge in [-0.05, 0) is 76.1 Å². The lowest BCUT2D eigenvalue weighted by molar-refractivity contribution is -0.166. The molecule has 2 amide bonds. The van der Waals surface area contributed by atoms with E-state index in [1.165, 1.54) is 0 Å². The summed E-state index contributed by atoms with van der Waals surface area (Å²) >= 11 is 0. The van der Waals surface area contributed by atoms with E-state index in [1.54, 1.807) is 24.3 Å². The number of likely N-dealkylation sites (tertiary alicyclic amines) is 1. The minimum Gasteiger partial charge on any atom is -0.478 e. The SMILES string of the molecule is CCCCN1C(=O)[C@@H]([C@H](O)C2CCCCC2)NC(=O)C12CCN(Cc1c(C)nn(-c3ccc(C(=O)O)cc3)c1C)CC2. The number of unbranched alkanes of at least 4 members (excludes halogenated alkanes) is 1. The first-order chi connectivity index (χ1) is 20.2. The highest BCUT2D eigenvalue weighted by Crippen LogP contribution is 2.37. The molecule has 2 aliphatic heterocycles. The maximum absolute atomic E-state index is 13.9. The van der Waals surface area contributed by atoms with Crippen LogP contribution in [0.3, 0.4) is 0 Å². The van der Waals surface area contributed by atoms with Crippen LogP contribution in [0.2, 0.25) is 0 Å². The van der Waals surface area contributed by atoms with Crippen LogP contribution in [0.4, 0.5) is 0 Å². The molecule has 42 heavy (non-hydrogen) atoms. The van der Waals surface area contributed by atoms with E-state index in [-0.39, 0.29) is 23.3 Å². The Hall–Kier alpha value is -3.24. The molecule has 3 aliphatic rings. The van der Waals surface area contributed by atoms with Gasteiger partial charge < -0.3 is 20.4 Å². The number of rotatable bonds is 9. The van der Waals surface area contributed by atoms with E-state index in [4.69, 9.17) is 5.10 Å². The van der Waals surface area contributed by atoms with Gasteiger partial charge in [-0.3, -0.25) is 14.5 Å². The number of carbonyl (C=O) groups excluding carboxylic acids is 2. The van der Waals surface area contributed by atoms with E-state index in [1.807, 2.05) is 23.4 Å². The number of piperazine rings is 1. The van der Waals surface area contributed by atoms with E-state index in [2.05, 4.69) is 17.1 Å². The highest BCUT2D eigenvalue weighted by molar-refractivity contribution is 6.00. The molecule has 3 N–H and O–H groups in total. The molecule has 10 heteroatoms. The molecule has 2 saturated heterocycles. The summed E-state index contributed by atoms with van der Waals surface area (Å²) in [6, 6.07) is 5.83. The van der Waals surface area contributed by atoms with Crippen LogP contribution in [-0.2, 0) is 16.1 Å². The summed E-state index contributed by atoms with van der Waals surface area (Å²) in [6.45, 7) is 8.62. The van der Waals surface area contributed by atoms with Crippen molar-refractivity contribution in [3.05, 3.63) is 46.8 Å². The van der Waals surface area contributed by atoms with Crippen molar-refractivity contribution in [3.8, 4) is 5.69 Å². The first kappa shape index (κ1) is 30.2. The van der Waals surface area contributed by atoms with Crippen LogP contribution in [0, 0.1) is 19.8 Å². The van der Waals surface area contributed by atoms with Crippen molar-refractivity contribution in [2.45, 2.75) is 103 Å². The number of aromatic nitrogens is 2. The molecule has 2 aromatic rings. The van der Waals surface area contributed by atoms with Gasteiger partial charge in [-0.15, -0.1) is 0 Å². The number of nitrogens with one attached hydrogen (secondary N) is 1. The quantitative estimate of drug-likeness (QED) is 0.414. The number of aromatic carboxylic acids is 1. The average molecular weight is 580 g/mol. The number of carboxylic acids is 1. The largest absolute Gasteiger partial charge is 0.478 e. The zero-order valence-electron chi connectivity index (χ0n) is 25.1. The van der Waals surface area contributed by atoms with E-state index in [9.17, 15) is 24.6 Å². The van der Waals surface area contributed by atoms with E-state index >= 15 is 0 Å². The highest BCUT2D eigenvalue weighted by Gasteiger charge is 2.55. The van der Waals surface area contributed by atoms with E-state index in [0.717, 1.165) is 67.6 Å². The van der Waals surface area contributed by atoms with Crippen LogP contribution in [0.1, 0.15) is 92.0 Å². The first-order valence-electron chi connectivity index (χ1n) is 15.6. The van der Waals surface area contributed by atoms with Crippen molar-refractivity contribution in [3.63, 3.8) is 0 Å². The van der Waals surface area contributed by atoms with Gasteiger partial charge in [-0.1, -0.05) is 32.6 Å². The molecule has 0 bridgehead atoms. The van der Waals surface area contributed by atoms with Crippen molar-refractivity contribution in [1.82, 2.24) is 24.9 Å². The number of aryl methyl sites for hydroxylation is 1. The van der Waals surface area contributed by atoms with Gasteiger partial charge in [0, 0.05) is 37.4 Å². The van der Waals surface area contributed by atoms with Crippen LogP contribution in [0.25, 0.3) is 5.69 Å². The Kier molecular flexibility index (Phi) is 9.03. The summed E-state index contributed by atoms with van der Waals surface area (Å²) in [6.07, 6.45) is 7.08. The second kappa shape index (κ2) is 12.6. The second-order valence-electron chi connectivity index (χ2n) is 12.4. The molecule has 1 aromatic carbocycles. The normalized spacial score (nSPS) is 22.4. The van der Waals surface area contributed by atoms with Gasteiger partial charge in [0.1, 0.15) is 11.6 Å². The Labute approximate surface area is 248 Å². The molecule has 3 fully saturated rings. The molecule has 3 heterocycles. The average Bonchev–Trinajstić information content (AvgIpc) is 3.28. The summed E-state index contributed by atoms with van der Waals surface area (Å²) in [5, 5.41) is 28.1. The maximum atomic E-state index is 13.9. The number of nitrogens with zero attached hydrogens (tertiary/aromatic N) is 4. The fraction of sp³-hybridized carbons (Fsp3) is 0.625. The lowest BCUT2D eigenvalue weighted by Crippen LogP contribution is -2.75. The fourth-order valence-electron chi connectivity index (χ4n) is 7.16. The summed E-state index contributed by atoms with van der Waals surface area (Å²) in [5.41, 5.74) is 3.16. The molecule has 1 spiro atoms. The van der Waals surface area contributed by atoms with Gasteiger partial charge in [-0.2, -0.15) is 5.10 Å². The summed E-state index contributed by atoms with van der Waals surface area (Å²) in [5.74, 6) is -1.16. The molecule has 1 aromatic heterocycles.